The lowest BCUT2D eigenvalue weighted by Gasteiger charge is -2.41. The number of carbonyl (C=O) groups is 4. The fraction of sp³-hybridized carbons (Fsp3) is 0.714. The van der Waals surface area contributed by atoms with E-state index in [0.29, 0.717) is 26.1 Å². The second-order valence-electron chi connectivity index (χ2n) is 23.0. The van der Waals surface area contributed by atoms with Crippen molar-refractivity contribution in [2.45, 2.75) is 203 Å². The third-order valence-corrected chi connectivity index (χ3v) is 19.4. The molecule has 4 saturated heterocycles. The molecule has 0 radical (unpaired) electrons. The van der Waals surface area contributed by atoms with E-state index in [0.717, 1.165) is 62.9 Å². The molecule has 2 aromatic carbocycles. The molecule has 0 bridgehead atoms. The Balaban J connectivity index is 0.834. The average molecular weight is 1030 g/mol. The molecule has 4 aliphatic heterocycles. The zero-order valence-corrected chi connectivity index (χ0v) is 46.4. The van der Waals surface area contributed by atoms with E-state index in [2.05, 4.69) is 132 Å². The summed E-state index contributed by atoms with van der Waals surface area (Å²) in [6.07, 6.45) is 8.77. The highest BCUT2D eigenvalue weighted by Crippen LogP contribution is 2.50. The second-order valence-corrected chi connectivity index (χ2v) is 25.6. The van der Waals surface area contributed by atoms with E-state index in [9.17, 15) is 19.2 Å². The molecule has 8 rings (SSSR count). The molecule has 4 heterocycles. The third kappa shape index (κ3) is 11.9. The third-order valence-electron chi connectivity index (χ3n) is 16.9. The van der Waals surface area contributed by atoms with Gasteiger partial charge in [-0.15, -0.1) is 23.5 Å². The Morgan fingerprint density at radius 1 is 0.625 bits per heavy atom. The molecule has 4 fully saturated rings. The minimum absolute atomic E-state index is 0.00250. The van der Waals surface area contributed by atoms with Crippen LogP contribution in [0.25, 0.3) is 0 Å². The van der Waals surface area contributed by atoms with Crippen molar-refractivity contribution in [2.75, 3.05) is 38.8 Å². The predicted molar refractivity (Wildman–Crippen MR) is 290 cm³/mol. The van der Waals surface area contributed by atoms with E-state index in [4.69, 9.17) is 9.47 Å². The van der Waals surface area contributed by atoms with Gasteiger partial charge in [-0.2, -0.15) is 0 Å². The van der Waals surface area contributed by atoms with Crippen molar-refractivity contribution in [1.29, 1.82) is 0 Å². The summed E-state index contributed by atoms with van der Waals surface area (Å²) in [5.41, 5.74) is 4.93. The quantitative estimate of drug-likeness (QED) is 0.0783. The van der Waals surface area contributed by atoms with Gasteiger partial charge in [0.2, 0.25) is 23.6 Å². The van der Waals surface area contributed by atoms with Crippen LogP contribution in [0.1, 0.15) is 141 Å². The van der Waals surface area contributed by atoms with Crippen molar-refractivity contribution < 1.29 is 28.7 Å². The van der Waals surface area contributed by atoms with E-state index in [1.807, 2.05) is 37.4 Å². The van der Waals surface area contributed by atoms with Crippen LogP contribution in [0.4, 0.5) is 0 Å². The van der Waals surface area contributed by atoms with Crippen LogP contribution < -0.4 is 31.9 Å². The largest absolute Gasteiger partial charge is 0.376 e. The smallest absolute Gasteiger partial charge is 0.246 e. The number of likely N-dealkylation sites (N-methyl/N-ethyl adjacent to an activating group) is 2. The number of amides is 4. The fourth-order valence-corrected chi connectivity index (χ4v) is 16.3. The van der Waals surface area contributed by atoms with Crippen LogP contribution in [0.15, 0.2) is 48.5 Å². The normalized spacial score (nSPS) is 31.1. The molecule has 0 aromatic heterocycles. The molecule has 6 aliphatic rings. The lowest BCUT2D eigenvalue weighted by molar-refractivity contribution is -0.139. The molecule has 2 aromatic rings. The van der Waals surface area contributed by atoms with Gasteiger partial charge in [0, 0.05) is 38.1 Å². The highest BCUT2D eigenvalue weighted by molar-refractivity contribution is 8.00. The monoisotopic (exact) mass is 1030 g/mol. The summed E-state index contributed by atoms with van der Waals surface area (Å²) in [5.74, 6) is 1.42. The van der Waals surface area contributed by atoms with Crippen molar-refractivity contribution >= 4 is 47.2 Å². The first kappa shape index (κ1) is 55.0. The van der Waals surface area contributed by atoms with E-state index in [-0.39, 0.29) is 106 Å². The summed E-state index contributed by atoms with van der Waals surface area (Å²) in [5, 5.41) is 20.4. The summed E-state index contributed by atoms with van der Waals surface area (Å²) < 4.78 is 13.6. The zero-order valence-electron chi connectivity index (χ0n) is 44.8. The number of rotatable bonds is 21. The first-order chi connectivity index (χ1) is 34.4. The first-order valence-corrected chi connectivity index (χ1v) is 29.3. The number of carbonyl (C=O) groups excluding carboxylic acids is 4. The molecule has 4 amide bonds. The Morgan fingerprint density at radius 2 is 1.01 bits per heavy atom. The number of nitrogens with one attached hydrogen (secondary N) is 6. The van der Waals surface area contributed by atoms with Gasteiger partial charge in [0.1, 0.15) is 12.1 Å². The Labute approximate surface area is 438 Å². The molecule has 2 aliphatic carbocycles. The summed E-state index contributed by atoms with van der Waals surface area (Å²) in [7, 11) is 3.53. The van der Waals surface area contributed by atoms with Crippen molar-refractivity contribution in [3.8, 4) is 0 Å². The number of fused-ring (bicyclic) bond motifs is 4. The van der Waals surface area contributed by atoms with E-state index in [1.165, 1.54) is 22.3 Å². The summed E-state index contributed by atoms with van der Waals surface area (Å²) in [4.78, 5) is 58.9. The fourth-order valence-electron chi connectivity index (χ4n) is 13.1. The van der Waals surface area contributed by atoms with Gasteiger partial charge in [-0.25, -0.2) is 0 Å². The average Bonchev–Trinajstić information content (AvgIpc) is 3.99. The van der Waals surface area contributed by atoms with Crippen LogP contribution in [-0.4, -0.2) is 144 Å². The molecule has 2 unspecified atom stereocenters. The van der Waals surface area contributed by atoms with Gasteiger partial charge in [0.25, 0.3) is 0 Å². The van der Waals surface area contributed by atoms with Crippen LogP contribution in [0.2, 0.25) is 0 Å². The molecule has 0 saturated carbocycles. The predicted octanol–water partition coefficient (Wildman–Crippen LogP) is 6.23. The molecule has 72 heavy (non-hydrogen) atoms. The van der Waals surface area contributed by atoms with Crippen LogP contribution in [0.5, 0.6) is 0 Å². The van der Waals surface area contributed by atoms with Crippen LogP contribution in [0, 0.1) is 10.8 Å². The zero-order chi connectivity index (χ0) is 51.5. The Morgan fingerprint density at radius 3 is 1.40 bits per heavy atom. The van der Waals surface area contributed by atoms with E-state index >= 15 is 0 Å². The van der Waals surface area contributed by atoms with Crippen LogP contribution in [-0.2, 0) is 41.5 Å². The molecule has 14 atom stereocenters. The summed E-state index contributed by atoms with van der Waals surface area (Å²) in [6.45, 7) is 18.6. The minimum atomic E-state index is -0.534. The maximum absolute atomic E-state index is 14.4. The topological polar surface area (TPSA) is 165 Å². The number of hydrogen-bond acceptors (Lipinski definition) is 12. The summed E-state index contributed by atoms with van der Waals surface area (Å²) >= 11 is 3.70. The number of thioether (sulfide) groups is 2. The number of ether oxygens (including phenoxy) is 2. The molecule has 6 N–H and O–H groups in total. The second kappa shape index (κ2) is 23.8. The van der Waals surface area contributed by atoms with Gasteiger partial charge in [-0.05, 0) is 125 Å². The van der Waals surface area contributed by atoms with Gasteiger partial charge < -0.3 is 51.2 Å². The maximum atomic E-state index is 14.4. The molecule has 16 heteroatoms. The molecular weight excluding hydrogens is 945 g/mol. The van der Waals surface area contributed by atoms with Crippen LogP contribution >= 0.6 is 23.5 Å². The standard InChI is InChI=1S/C56H86N8O6S2/c1-33(49-55(5,6)31-45-63(49)53(67)41(23-27-71-45)61-51(65)35(3)57-9)59-47-39-21-15-13-19-37(39)29-43(47)69-25-17-11-12-18-26-70-44-30-38-20-14-16-22-40(38)48(44)60-34(2)50-56(7,8)32-46-64(50)54(68)42(24-28-72-46)62-52(66)36(4)58-10/h13-16,19-22,33-36,41-50,57-60H,11-12,17-18,23-32H2,1-10H3,(H,61,65)(H,62,66)/t33?,34?,35-,36-,41-,42-,43+,44+,45-,46-,47-,48-,49+,50+/m0/s1. The number of benzene rings is 2. The number of unbranched alkanes of at least 4 members (excludes halogenated alkanes) is 3. The highest BCUT2D eigenvalue weighted by Gasteiger charge is 2.55. The molecule has 0 spiro atoms. The van der Waals surface area contributed by atoms with Crippen molar-refractivity contribution in [1.82, 2.24) is 41.7 Å². The minimum Gasteiger partial charge on any atom is -0.376 e. The van der Waals surface area contributed by atoms with Gasteiger partial charge in [0.15, 0.2) is 0 Å². The number of hydrogen-bond donors (Lipinski definition) is 6. The molecule has 398 valence electrons. The Kier molecular flexibility index (Phi) is 18.2. The SMILES string of the molecule is CN[C@@H](C)C(=O)N[C@H]1CCS[C@H]2CC(C)(C)[C@@H](C(C)N[C@H]3c4ccccc4C[C@H]3OCCCCCCO[C@@H]3Cc4ccccc4[C@@H]3NC(C)[C@H]3N4C(=O)[C@@H](NC(=O)[C@H](C)NC)CCS[C@H]4CC3(C)C)N2C1=O. The summed E-state index contributed by atoms with van der Waals surface area (Å²) in [6, 6.07) is 15.4. The Bertz CT molecular complexity index is 2060. The number of nitrogens with zero attached hydrogens (tertiary/aromatic N) is 2. The Hall–Kier alpha value is -3.22. The molecular formula is C56H86N8O6S2. The van der Waals surface area contributed by atoms with Crippen molar-refractivity contribution in [2.24, 2.45) is 10.8 Å². The van der Waals surface area contributed by atoms with Gasteiger partial charge >= 0.3 is 0 Å². The van der Waals surface area contributed by atoms with Crippen molar-refractivity contribution in [3.05, 3.63) is 70.8 Å². The lowest BCUT2D eigenvalue weighted by Crippen LogP contribution is -2.59. The van der Waals surface area contributed by atoms with Crippen molar-refractivity contribution in [3.63, 3.8) is 0 Å². The van der Waals surface area contributed by atoms with E-state index < -0.39 is 12.1 Å². The first-order valence-electron chi connectivity index (χ1n) is 27.2. The van der Waals surface area contributed by atoms with Gasteiger partial charge in [-0.1, -0.05) is 89.1 Å². The van der Waals surface area contributed by atoms with Gasteiger partial charge in [-0.3, -0.25) is 19.2 Å². The van der Waals surface area contributed by atoms with Crippen LogP contribution in [0.3, 0.4) is 0 Å². The molecule has 14 nitrogen and oxygen atoms in total. The van der Waals surface area contributed by atoms with Gasteiger partial charge in [0.05, 0.1) is 59.2 Å². The highest BCUT2D eigenvalue weighted by atomic mass is 32.2. The maximum Gasteiger partial charge on any atom is 0.246 e. The van der Waals surface area contributed by atoms with E-state index in [1.54, 1.807) is 14.1 Å². The lowest BCUT2D eigenvalue weighted by atomic mass is 9.80.